The van der Waals surface area contributed by atoms with Gasteiger partial charge in [0, 0.05) is 12.1 Å². The first-order valence-corrected chi connectivity index (χ1v) is 7.73. The first-order chi connectivity index (χ1) is 12.3. The number of nitrogens with zero attached hydrogens (tertiary/aromatic N) is 3. The van der Waals surface area contributed by atoms with Gasteiger partial charge in [-0.1, -0.05) is 12.1 Å². The van der Waals surface area contributed by atoms with Crippen LogP contribution in [0.4, 0.5) is 10.5 Å². The fourth-order valence-electron chi connectivity index (χ4n) is 2.87. The van der Waals surface area contributed by atoms with Crippen LogP contribution in [0.1, 0.15) is 23.6 Å². The third-order valence-electron chi connectivity index (χ3n) is 4.33. The summed E-state index contributed by atoms with van der Waals surface area (Å²) in [6, 6.07) is 13.6. The molecule has 26 heavy (non-hydrogen) atoms. The maximum atomic E-state index is 12.9. The highest BCUT2D eigenvalue weighted by Crippen LogP contribution is 2.30. The van der Waals surface area contributed by atoms with Crippen LogP contribution in [0.2, 0.25) is 0 Å². The molecule has 1 fully saturated rings. The highest BCUT2D eigenvalue weighted by Gasteiger charge is 2.48. The van der Waals surface area contributed by atoms with E-state index < -0.39 is 22.4 Å². The molecule has 1 saturated heterocycles. The second kappa shape index (κ2) is 6.29. The van der Waals surface area contributed by atoms with E-state index in [9.17, 15) is 19.7 Å². The molecule has 0 spiro atoms. The highest BCUT2D eigenvalue weighted by molar-refractivity contribution is 6.07. The maximum absolute atomic E-state index is 12.9. The summed E-state index contributed by atoms with van der Waals surface area (Å²) < 4.78 is 0. The number of benzene rings is 2. The van der Waals surface area contributed by atoms with Gasteiger partial charge in [-0.3, -0.25) is 19.8 Å². The second-order valence-corrected chi connectivity index (χ2v) is 6.06. The summed E-state index contributed by atoms with van der Waals surface area (Å²) in [6.45, 7) is 1.59. The molecule has 1 aliphatic heterocycles. The Labute approximate surface area is 148 Å². The van der Waals surface area contributed by atoms with Gasteiger partial charge in [-0.15, -0.1) is 0 Å². The number of nitro groups is 1. The zero-order valence-electron chi connectivity index (χ0n) is 13.8. The van der Waals surface area contributed by atoms with Crippen LogP contribution < -0.4 is 5.32 Å². The Morgan fingerprint density at radius 2 is 1.92 bits per heavy atom. The Morgan fingerprint density at radius 1 is 1.23 bits per heavy atom. The average molecular weight is 350 g/mol. The monoisotopic (exact) mass is 350 g/mol. The number of hydrogen-bond acceptors (Lipinski definition) is 5. The van der Waals surface area contributed by atoms with Crippen molar-refractivity contribution < 1.29 is 14.5 Å². The number of carbonyl (C=O) groups excluding carboxylic acids is 2. The summed E-state index contributed by atoms with van der Waals surface area (Å²) >= 11 is 0. The fraction of sp³-hybridized carbons (Fsp3) is 0.167. The minimum atomic E-state index is -1.31. The van der Waals surface area contributed by atoms with Gasteiger partial charge in [0.05, 0.1) is 23.1 Å². The number of nitro benzene ring substituents is 1. The van der Waals surface area contributed by atoms with E-state index in [-0.39, 0.29) is 12.2 Å². The number of amides is 3. The zero-order valence-corrected chi connectivity index (χ0v) is 13.8. The van der Waals surface area contributed by atoms with E-state index in [4.69, 9.17) is 5.26 Å². The number of urea groups is 1. The summed E-state index contributed by atoms with van der Waals surface area (Å²) in [5, 5.41) is 22.4. The van der Waals surface area contributed by atoms with Gasteiger partial charge in [0.2, 0.25) is 0 Å². The lowest BCUT2D eigenvalue weighted by Crippen LogP contribution is -2.40. The van der Waals surface area contributed by atoms with Crippen molar-refractivity contribution in [3.8, 4) is 6.07 Å². The third-order valence-corrected chi connectivity index (χ3v) is 4.33. The van der Waals surface area contributed by atoms with Crippen molar-refractivity contribution >= 4 is 17.6 Å². The van der Waals surface area contributed by atoms with Gasteiger partial charge in [-0.25, -0.2) is 4.79 Å². The van der Waals surface area contributed by atoms with Crippen LogP contribution in [-0.4, -0.2) is 21.8 Å². The SMILES string of the molecule is CC1(c2ccc([N+](=O)[O-])cc2)NC(=O)N(Cc2cccc(C#N)c2)C1=O. The fourth-order valence-corrected chi connectivity index (χ4v) is 2.87. The molecular formula is C18H14N4O4. The van der Waals surface area contributed by atoms with E-state index in [1.165, 1.54) is 24.3 Å². The number of nitriles is 1. The molecule has 0 radical (unpaired) electrons. The minimum Gasteiger partial charge on any atom is -0.319 e. The van der Waals surface area contributed by atoms with Crippen LogP contribution in [0, 0.1) is 21.4 Å². The molecule has 0 aromatic heterocycles. The summed E-state index contributed by atoms with van der Waals surface area (Å²) in [5.41, 5.74) is 0.140. The molecule has 2 aromatic carbocycles. The number of nitrogens with one attached hydrogen (secondary N) is 1. The van der Waals surface area contributed by atoms with Gasteiger partial charge in [-0.05, 0) is 42.3 Å². The number of carbonyl (C=O) groups is 2. The summed E-state index contributed by atoms with van der Waals surface area (Å²) in [7, 11) is 0. The lowest BCUT2D eigenvalue weighted by molar-refractivity contribution is -0.384. The summed E-state index contributed by atoms with van der Waals surface area (Å²) in [5.74, 6) is -0.460. The molecule has 8 nitrogen and oxygen atoms in total. The largest absolute Gasteiger partial charge is 0.325 e. The first kappa shape index (κ1) is 17.1. The lowest BCUT2D eigenvalue weighted by Gasteiger charge is -2.22. The van der Waals surface area contributed by atoms with Crippen LogP contribution >= 0.6 is 0 Å². The van der Waals surface area contributed by atoms with Gasteiger partial charge in [0.25, 0.3) is 11.6 Å². The molecule has 1 heterocycles. The highest BCUT2D eigenvalue weighted by atomic mass is 16.6. The van der Waals surface area contributed by atoms with Crippen molar-refractivity contribution in [2.24, 2.45) is 0 Å². The van der Waals surface area contributed by atoms with Gasteiger partial charge in [0.15, 0.2) is 0 Å². The molecule has 3 rings (SSSR count). The second-order valence-electron chi connectivity index (χ2n) is 6.06. The Morgan fingerprint density at radius 3 is 2.54 bits per heavy atom. The Kier molecular flexibility index (Phi) is 4.14. The number of non-ortho nitro benzene ring substituents is 1. The molecule has 0 bridgehead atoms. The molecule has 8 heteroatoms. The van der Waals surface area contributed by atoms with E-state index in [0.717, 1.165) is 4.90 Å². The van der Waals surface area contributed by atoms with Crippen molar-refractivity contribution in [1.82, 2.24) is 10.2 Å². The van der Waals surface area contributed by atoms with Gasteiger partial charge < -0.3 is 5.32 Å². The third kappa shape index (κ3) is 2.86. The van der Waals surface area contributed by atoms with Crippen LogP contribution in [0.25, 0.3) is 0 Å². The molecular weight excluding hydrogens is 336 g/mol. The summed E-state index contributed by atoms with van der Waals surface area (Å²) in [6.07, 6.45) is 0. The number of hydrogen-bond donors (Lipinski definition) is 1. The van der Waals surface area contributed by atoms with Crippen molar-refractivity contribution in [2.45, 2.75) is 19.0 Å². The lowest BCUT2D eigenvalue weighted by atomic mass is 9.92. The van der Waals surface area contributed by atoms with Crippen LogP contribution in [-0.2, 0) is 16.9 Å². The number of imide groups is 1. The Bertz CT molecular complexity index is 948. The summed E-state index contributed by atoms with van der Waals surface area (Å²) in [4.78, 5) is 36.5. The molecule has 0 aliphatic carbocycles. The normalized spacial score (nSPS) is 19.2. The van der Waals surface area contributed by atoms with Crippen LogP contribution in [0.15, 0.2) is 48.5 Å². The van der Waals surface area contributed by atoms with Crippen LogP contribution in [0.3, 0.4) is 0 Å². The molecule has 1 atom stereocenters. The van der Waals surface area contributed by atoms with E-state index in [2.05, 4.69) is 5.32 Å². The molecule has 3 amide bonds. The first-order valence-electron chi connectivity index (χ1n) is 7.73. The van der Waals surface area contributed by atoms with Crippen molar-refractivity contribution in [1.29, 1.82) is 5.26 Å². The van der Waals surface area contributed by atoms with E-state index in [1.807, 2.05) is 6.07 Å². The van der Waals surface area contributed by atoms with Crippen molar-refractivity contribution in [3.05, 3.63) is 75.3 Å². The standard InChI is InChI=1S/C18H14N4O4/c1-18(14-5-7-15(8-6-14)22(25)26)16(23)21(17(24)20-18)11-13-4-2-3-12(9-13)10-19/h2-9H,11H2,1H3,(H,20,24). The topological polar surface area (TPSA) is 116 Å². The van der Waals surface area contributed by atoms with E-state index in [1.54, 1.807) is 31.2 Å². The smallest absolute Gasteiger partial charge is 0.319 e. The Balaban J connectivity index is 1.87. The molecule has 2 aromatic rings. The van der Waals surface area contributed by atoms with Gasteiger partial charge in [0.1, 0.15) is 5.54 Å². The Hall–Kier alpha value is -3.73. The molecule has 1 N–H and O–H groups in total. The molecule has 1 aliphatic rings. The van der Waals surface area contributed by atoms with Gasteiger partial charge >= 0.3 is 6.03 Å². The van der Waals surface area contributed by atoms with Crippen molar-refractivity contribution in [3.63, 3.8) is 0 Å². The zero-order chi connectivity index (χ0) is 18.9. The minimum absolute atomic E-state index is 0.0305. The predicted molar refractivity (Wildman–Crippen MR) is 90.7 cm³/mol. The molecule has 1 unspecified atom stereocenters. The molecule has 130 valence electrons. The van der Waals surface area contributed by atoms with Gasteiger partial charge in [-0.2, -0.15) is 5.26 Å². The average Bonchev–Trinajstić information content (AvgIpc) is 2.86. The van der Waals surface area contributed by atoms with Crippen LogP contribution in [0.5, 0.6) is 0 Å². The van der Waals surface area contributed by atoms with Crippen molar-refractivity contribution in [2.75, 3.05) is 0 Å². The maximum Gasteiger partial charge on any atom is 0.325 e. The number of rotatable bonds is 4. The molecule has 0 saturated carbocycles. The quantitative estimate of drug-likeness (QED) is 0.516. The van der Waals surface area contributed by atoms with E-state index >= 15 is 0 Å². The predicted octanol–water partition coefficient (Wildman–Crippen LogP) is 2.43. The van der Waals surface area contributed by atoms with E-state index in [0.29, 0.717) is 16.7 Å².